The van der Waals surface area contributed by atoms with E-state index in [1.807, 2.05) is 0 Å². The predicted octanol–water partition coefficient (Wildman–Crippen LogP) is 3.17. The fourth-order valence-corrected chi connectivity index (χ4v) is 3.61. The summed E-state index contributed by atoms with van der Waals surface area (Å²) in [6.45, 7) is 2.36. The van der Waals surface area contributed by atoms with Crippen LogP contribution in [0.5, 0.6) is 0 Å². The van der Waals surface area contributed by atoms with Crippen molar-refractivity contribution in [2.24, 2.45) is 17.8 Å². The van der Waals surface area contributed by atoms with Crippen LogP contribution in [-0.2, 0) is 14.3 Å². The minimum atomic E-state index is -0.343. The Morgan fingerprint density at radius 1 is 1.28 bits per heavy atom. The van der Waals surface area contributed by atoms with Crippen molar-refractivity contribution < 1.29 is 14.3 Å². The number of rotatable bonds is 6. The van der Waals surface area contributed by atoms with Crippen LogP contribution < -0.4 is 0 Å². The zero-order chi connectivity index (χ0) is 13.0. The van der Waals surface area contributed by atoms with Gasteiger partial charge in [-0.25, -0.2) is 0 Å². The maximum atomic E-state index is 11.1. The van der Waals surface area contributed by atoms with E-state index in [0.29, 0.717) is 12.3 Å². The first kappa shape index (κ1) is 14.0. The predicted molar refractivity (Wildman–Crippen MR) is 70.2 cm³/mol. The van der Waals surface area contributed by atoms with Gasteiger partial charge in [-0.1, -0.05) is 25.7 Å². The maximum absolute atomic E-state index is 11.1. The van der Waals surface area contributed by atoms with Gasteiger partial charge in [0.15, 0.2) is 6.29 Å². The summed E-state index contributed by atoms with van der Waals surface area (Å²) in [5, 5.41) is 0. The van der Waals surface area contributed by atoms with Gasteiger partial charge in [-0.05, 0) is 37.5 Å². The Morgan fingerprint density at radius 2 is 2.11 bits per heavy atom. The normalized spacial score (nSPS) is 33.1. The van der Waals surface area contributed by atoms with Crippen LogP contribution in [0.25, 0.3) is 0 Å². The van der Waals surface area contributed by atoms with Crippen molar-refractivity contribution in [3.8, 4) is 0 Å². The van der Waals surface area contributed by atoms with Crippen molar-refractivity contribution in [2.75, 3.05) is 13.7 Å². The average Bonchev–Trinajstić information content (AvgIpc) is 2.68. The third-order valence-electron chi connectivity index (χ3n) is 4.65. The summed E-state index contributed by atoms with van der Waals surface area (Å²) < 4.78 is 11.0. The number of carbonyl (C=O) groups excluding carboxylic acids is 1. The minimum Gasteiger partial charge on any atom is -0.355 e. The Balaban J connectivity index is 1.80. The monoisotopic (exact) mass is 254 g/mol. The van der Waals surface area contributed by atoms with Crippen LogP contribution in [-0.4, -0.2) is 25.8 Å². The van der Waals surface area contributed by atoms with Gasteiger partial charge in [0.25, 0.3) is 0 Å². The lowest BCUT2D eigenvalue weighted by Gasteiger charge is -2.33. The molecular formula is C15H26O3. The average molecular weight is 254 g/mol. The first-order valence-corrected chi connectivity index (χ1v) is 7.33. The second-order valence-corrected chi connectivity index (χ2v) is 6.03. The van der Waals surface area contributed by atoms with E-state index in [0.717, 1.165) is 18.4 Å². The summed E-state index contributed by atoms with van der Waals surface area (Å²) >= 11 is 0. The molecule has 3 aliphatic rings. The second-order valence-electron chi connectivity index (χ2n) is 6.03. The summed E-state index contributed by atoms with van der Waals surface area (Å²) in [5.74, 6) is 2.59. The van der Waals surface area contributed by atoms with Crippen LogP contribution in [0.4, 0.5) is 0 Å². The summed E-state index contributed by atoms with van der Waals surface area (Å²) in [7, 11) is 1.62. The van der Waals surface area contributed by atoms with Crippen LogP contribution in [0.2, 0.25) is 0 Å². The van der Waals surface area contributed by atoms with Crippen molar-refractivity contribution in [3.05, 3.63) is 0 Å². The molecule has 0 radical (unpaired) electrons. The van der Waals surface area contributed by atoms with Crippen LogP contribution in [0.1, 0.15) is 51.9 Å². The van der Waals surface area contributed by atoms with E-state index in [4.69, 9.17) is 9.47 Å². The van der Waals surface area contributed by atoms with Crippen LogP contribution >= 0.6 is 0 Å². The van der Waals surface area contributed by atoms with Gasteiger partial charge >= 0.3 is 0 Å². The van der Waals surface area contributed by atoms with E-state index in [9.17, 15) is 4.79 Å². The first-order chi connectivity index (χ1) is 8.69. The smallest absolute Gasteiger partial charge is 0.164 e. The molecule has 0 spiro atoms. The molecule has 3 nitrogen and oxygen atoms in total. The molecular weight excluding hydrogens is 228 g/mol. The Bertz CT molecular complexity index is 273. The van der Waals surface area contributed by atoms with E-state index < -0.39 is 0 Å². The number of methoxy groups -OCH3 is 1. The first-order valence-electron chi connectivity index (χ1n) is 7.33. The van der Waals surface area contributed by atoms with Gasteiger partial charge < -0.3 is 9.47 Å². The molecule has 3 heteroatoms. The van der Waals surface area contributed by atoms with Crippen molar-refractivity contribution in [1.29, 1.82) is 0 Å². The van der Waals surface area contributed by atoms with Crippen molar-refractivity contribution in [2.45, 2.75) is 58.2 Å². The molecule has 0 heterocycles. The molecule has 3 aliphatic carbocycles. The number of hydrogen-bond donors (Lipinski definition) is 0. The second kappa shape index (κ2) is 6.67. The number of Topliss-reactive ketones (excluding diaryl/α,β-unsaturated/α-hetero) is 1. The lowest BCUT2D eigenvalue weighted by atomic mass is 9.76. The van der Waals surface area contributed by atoms with Crippen molar-refractivity contribution >= 4 is 5.78 Å². The van der Waals surface area contributed by atoms with Crippen molar-refractivity contribution in [3.63, 3.8) is 0 Å². The number of hydrogen-bond acceptors (Lipinski definition) is 3. The highest BCUT2D eigenvalue weighted by Crippen LogP contribution is 2.43. The fraction of sp³-hybridized carbons (Fsp3) is 0.933. The van der Waals surface area contributed by atoms with Crippen molar-refractivity contribution in [1.82, 2.24) is 0 Å². The van der Waals surface area contributed by atoms with E-state index in [1.54, 1.807) is 14.0 Å². The Labute approximate surface area is 110 Å². The molecule has 3 fully saturated rings. The summed E-state index contributed by atoms with van der Waals surface area (Å²) in [6, 6.07) is 0. The molecule has 0 aliphatic heterocycles. The van der Waals surface area contributed by atoms with Crippen LogP contribution in [0.3, 0.4) is 0 Å². The molecule has 4 atom stereocenters. The Hall–Kier alpha value is -0.410. The number of carbonyl (C=O) groups is 1. The quantitative estimate of drug-likeness (QED) is 0.683. The number of ketones is 1. The van der Waals surface area contributed by atoms with E-state index in [-0.39, 0.29) is 12.1 Å². The minimum absolute atomic E-state index is 0.129. The molecule has 0 aromatic heterocycles. The zero-order valence-corrected chi connectivity index (χ0v) is 11.7. The molecule has 0 saturated heterocycles. The van der Waals surface area contributed by atoms with Gasteiger partial charge in [-0.3, -0.25) is 4.79 Å². The molecule has 0 aromatic carbocycles. The topological polar surface area (TPSA) is 35.5 Å². The van der Waals surface area contributed by atoms with Gasteiger partial charge in [-0.2, -0.15) is 0 Å². The molecule has 4 unspecified atom stereocenters. The molecule has 104 valence electrons. The largest absolute Gasteiger partial charge is 0.355 e. The molecule has 3 saturated carbocycles. The molecule has 2 bridgehead atoms. The number of ether oxygens (including phenoxy) is 2. The van der Waals surface area contributed by atoms with Gasteiger partial charge in [0, 0.05) is 7.11 Å². The lowest BCUT2D eigenvalue weighted by molar-refractivity contribution is -0.152. The Morgan fingerprint density at radius 3 is 2.83 bits per heavy atom. The van der Waals surface area contributed by atoms with Crippen LogP contribution in [0, 0.1) is 17.8 Å². The highest BCUT2D eigenvalue weighted by Gasteiger charge is 2.33. The summed E-state index contributed by atoms with van der Waals surface area (Å²) in [4.78, 5) is 11.1. The third-order valence-corrected chi connectivity index (χ3v) is 4.65. The summed E-state index contributed by atoms with van der Waals surface area (Å²) in [5.41, 5.74) is 0. The van der Waals surface area contributed by atoms with Gasteiger partial charge in [0.2, 0.25) is 0 Å². The third kappa shape index (κ3) is 3.79. The Kier molecular flexibility index (Phi) is 5.19. The standard InChI is InChI=1S/C15H26O3/c1-11(16)8-15(17-2)18-10-14-9-12-4-3-5-13(14)7-6-12/h12-15H,3-10H2,1-2H3. The highest BCUT2D eigenvalue weighted by atomic mass is 16.7. The molecule has 0 N–H and O–H groups in total. The SMILES string of the molecule is COC(CC(C)=O)OCC1CC2CCCC1CC2. The fourth-order valence-electron chi connectivity index (χ4n) is 3.61. The summed E-state index contributed by atoms with van der Waals surface area (Å²) in [6.07, 6.45) is 8.32. The number of fused-ring (bicyclic) bond motifs is 4. The zero-order valence-electron chi connectivity index (χ0n) is 11.7. The van der Waals surface area contributed by atoms with Gasteiger partial charge in [-0.15, -0.1) is 0 Å². The van der Waals surface area contributed by atoms with E-state index in [1.165, 1.54) is 38.5 Å². The highest BCUT2D eigenvalue weighted by molar-refractivity contribution is 5.75. The lowest BCUT2D eigenvalue weighted by Crippen LogP contribution is -2.29. The molecule has 0 aromatic rings. The molecule has 18 heavy (non-hydrogen) atoms. The maximum Gasteiger partial charge on any atom is 0.164 e. The van der Waals surface area contributed by atoms with E-state index in [2.05, 4.69) is 0 Å². The molecule has 0 amide bonds. The van der Waals surface area contributed by atoms with Gasteiger partial charge in [0.1, 0.15) is 5.78 Å². The van der Waals surface area contributed by atoms with Gasteiger partial charge in [0.05, 0.1) is 13.0 Å². The van der Waals surface area contributed by atoms with E-state index >= 15 is 0 Å². The molecule has 3 rings (SSSR count). The van der Waals surface area contributed by atoms with Crippen LogP contribution in [0.15, 0.2) is 0 Å².